The summed E-state index contributed by atoms with van der Waals surface area (Å²) in [7, 11) is 0. The molecule has 2 aliphatic rings. The highest BCUT2D eigenvalue weighted by molar-refractivity contribution is 6.10. The number of rotatable bonds is 5. The smallest absolute Gasteiger partial charge is 0.0991 e. The second-order valence-electron chi connectivity index (χ2n) is 16.7. The summed E-state index contributed by atoms with van der Waals surface area (Å²) in [6.07, 6.45) is 3.18. The molecule has 10 aromatic rings. The molecule has 0 N–H and O–H groups in total. The van der Waals surface area contributed by atoms with Crippen molar-refractivity contribution in [1.82, 2.24) is 4.57 Å². The third-order valence-corrected chi connectivity index (χ3v) is 13.4. The average molecular weight is 800 g/mol. The van der Waals surface area contributed by atoms with Crippen molar-refractivity contribution < 1.29 is 0 Å². The van der Waals surface area contributed by atoms with Crippen molar-refractivity contribution in [2.24, 2.45) is 0 Å². The fraction of sp³-hybridized carbons (Fsp3) is 0.0333. The minimum Gasteiger partial charge on any atom is -0.309 e. The van der Waals surface area contributed by atoms with Crippen LogP contribution in [0.5, 0.6) is 0 Å². The Labute approximate surface area is 366 Å². The number of hydrogen-bond donors (Lipinski definition) is 0. The molecule has 0 aliphatic heterocycles. The number of benzene rings is 9. The van der Waals surface area contributed by atoms with Gasteiger partial charge >= 0.3 is 0 Å². The molecule has 3 heteroatoms. The van der Waals surface area contributed by atoms with Gasteiger partial charge in [0.25, 0.3) is 0 Å². The number of nitriles is 2. The summed E-state index contributed by atoms with van der Waals surface area (Å²) in [5.41, 5.74) is 20.9. The van der Waals surface area contributed by atoms with Gasteiger partial charge in [-0.15, -0.1) is 0 Å². The van der Waals surface area contributed by atoms with Crippen LogP contribution in [-0.2, 0) is 11.8 Å². The highest BCUT2D eigenvalue weighted by atomic mass is 15.0. The molecule has 0 saturated carbocycles. The first-order valence-corrected chi connectivity index (χ1v) is 21.4. The van der Waals surface area contributed by atoms with Crippen LogP contribution in [-0.4, -0.2) is 4.57 Å². The van der Waals surface area contributed by atoms with E-state index in [9.17, 15) is 10.5 Å². The number of allylic oxidation sites excluding steroid dienone is 1. The Kier molecular flexibility index (Phi) is 8.26. The standard InChI is InChI=1S/C60H37N3/c61-37-39-18-26-46(27-19-39)60(47-28-20-40(38-62)21-29-47)56-16-8-6-14-51(56)52-30-22-41(33-57(52)60)32-45-34-44-24-23-42(35-54(44)50-13-5-4-12-49(45)50)43-25-31-59-55(36-43)53-15-7-9-17-58(53)63(59)48-10-2-1-3-11-48/h1-33,35-36H,34H2/b45-32-. The van der Waals surface area contributed by atoms with E-state index in [4.69, 9.17) is 0 Å². The van der Waals surface area contributed by atoms with Crippen molar-refractivity contribution >= 4 is 33.5 Å². The van der Waals surface area contributed by atoms with Crippen molar-refractivity contribution in [3.8, 4) is 51.2 Å². The van der Waals surface area contributed by atoms with Crippen molar-refractivity contribution in [3.63, 3.8) is 0 Å². The minimum atomic E-state index is -0.657. The fourth-order valence-corrected chi connectivity index (χ4v) is 10.6. The normalized spacial score (nSPS) is 13.8. The molecule has 9 aromatic carbocycles. The van der Waals surface area contributed by atoms with Gasteiger partial charge in [0, 0.05) is 16.5 Å². The predicted octanol–water partition coefficient (Wildman–Crippen LogP) is 14.3. The monoisotopic (exact) mass is 799 g/mol. The van der Waals surface area contributed by atoms with E-state index in [1.165, 1.54) is 83.0 Å². The first-order valence-electron chi connectivity index (χ1n) is 21.4. The van der Waals surface area contributed by atoms with E-state index in [1.54, 1.807) is 0 Å². The van der Waals surface area contributed by atoms with Gasteiger partial charge in [-0.05, 0) is 151 Å². The molecular weight excluding hydrogens is 763 g/mol. The maximum atomic E-state index is 9.75. The molecule has 1 aromatic heterocycles. The Morgan fingerprint density at radius 1 is 0.444 bits per heavy atom. The van der Waals surface area contributed by atoms with Gasteiger partial charge in [0.2, 0.25) is 0 Å². The van der Waals surface area contributed by atoms with Crippen LogP contribution in [0.1, 0.15) is 50.1 Å². The molecule has 0 spiro atoms. The topological polar surface area (TPSA) is 52.5 Å². The summed E-state index contributed by atoms with van der Waals surface area (Å²) in [6.45, 7) is 0. The molecule has 1 heterocycles. The van der Waals surface area contributed by atoms with Gasteiger partial charge in [0.1, 0.15) is 0 Å². The fourth-order valence-electron chi connectivity index (χ4n) is 10.6. The number of aromatic nitrogens is 1. The molecule has 2 aliphatic carbocycles. The summed E-state index contributed by atoms with van der Waals surface area (Å²) in [6, 6.07) is 78.3. The second-order valence-corrected chi connectivity index (χ2v) is 16.7. The minimum absolute atomic E-state index is 0.621. The van der Waals surface area contributed by atoms with Crippen molar-refractivity contribution in [1.29, 1.82) is 10.5 Å². The van der Waals surface area contributed by atoms with Crippen molar-refractivity contribution in [3.05, 3.63) is 256 Å². The van der Waals surface area contributed by atoms with Crippen molar-refractivity contribution in [2.75, 3.05) is 0 Å². The zero-order chi connectivity index (χ0) is 42.1. The van der Waals surface area contributed by atoms with Crippen LogP contribution in [0.4, 0.5) is 0 Å². The van der Waals surface area contributed by atoms with Crippen LogP contribution in [0.3, 0.4) is 0 Å². The molecule has 12 rings (SSSR count). The molecular formula is C60H37N3. The summed E-state index contributed by atoms with van der Waals surface area (Å²) in [4.78, 5) is 0. The van der Waals surface area contributed by atoms with Gasteiger partial charge in [0.05, 0.1) is 39.7 Å². The molecule has 0 saturated heterocycles. The highest BCUT2D eigenvalue weighted by Gasteiger charge is 2.46. The Bertz CT molecular complexity index is 3540. The lowest BCUT2D eigenvalue weighted by atomic mass is 9.67. The first-order chi connectivity index (χ1) is 31.1. The number of nitrogens with zero attached hydrogens (tertiary/aromatic N) is 3. The third-order valence-electron chi connectivity index (χ3n) is 13.4. The molecule has 0 unspecified atom stereocenters. The average Bonchev–Trinajstić information content (AvgIpc) is 3.84. The molecule has 0 atom stereocenters. The number of para-hydroxylation sites is 2. The first kappa shape index (κ1) is 36.4. The highest BCUT2D eigenvalue weighted by Crippen LogP contribution is 2.56. The van der Waals surface area contributed by atoms with E-state index in [1.807, 2.05) is 24.3 Å². The Balaban J connectivity index is 0.970. The molecule has 292 valence electrons. The largest absolute Gasteiger partial charge is 0.309 e. The lowest BCUT2D eigenvalue weighted by Crippen LogP contribution is -2.28. The van der Waals surface area contributed by atoms with Gasteiger partial charge in [-0.25, -0.2) is 0 Å². The molecule has 0 bridgehead atoms. The number of hydrogen-bond acceptors (Lipinski definition) is 2. The zero-order valence-electron chi connectivity index (χ0n) is 34.3. The third kappa shape index (κ3) is 5.58. The van der Waals surface area contributed by atoms with Gasteiger partial charge in [0.15, 0.2) is 0 Å². The van der Waals surface area contributed by atoms with E-state index < -0.39 is 5.41 Å². The predicted molar refractivity (Wildman–Crippen MR) is 256 cm³/mol. The van der Waals surface area contributed by atoms with Crippen molar-refractivity contribution in [2.45, 2.75) is 11.8 Å². The van der Waals surface area contributed by atoms with Crippen LogP contribution in [0, 0.1) is 22.7 Å². The van der Waals surface area contributed by atoms with E-state index in [0.29, 0.717) is 11.1 Å². The molecule has 0 radical (unpaired) electrons. The molecule has 63 heavy (non-hydrogen) atoms. The lowest BCUT2D eigenvalue weighted by molar-refractivity contribution is 0.768. The maximum Gasteiger partial charge on any atom is 0.0991 e. The van der Waals surface area contributed by atoms with E-state index in [0.717, 1.165) is 28.8 Å². The van der Waals surface area contributed by atoms with E-state index in [2.05, 4.69) is 205 Å². The summed E-state index contributed by atoms with van der Waals surface area (Å²) >= 11 is 0. The lowest BCUT2D eigenvalue weighted by Gasteiger charge is -2.34. The van der Waals surface area contributed by atoms with E-state index >= 15 is 0 Å². The molecule has 3 nitrogen and oxygen atoms in total. The number of fused-ring (bicyclic) bond motifs is 9. The molecule has 0 amide bonds. The van der Waals surface area contributed by atoms with Crippen LogP contribution < -0.4 is 0 Å². The zero-order valence-corrected chi connectivity index (χ0v) is 34.3. The quantitative estimate of drug-likeness (QED) is 0.174. The van der Waals surface area contributed by atoms with Gasteiger partial charge < -0.3 is 4.57 Å². The SMILES string of the molecule is N#Cc1ccc(C2(c3ccc(C#N)cc3)c3ccccc3-c3ccc(/C=C4/Cc5ccc(-c6ccc7c(c6)c6ccccc6n7-c6ccccc6)cc5-c5ccccc54)cc32)cc1. The van der Waals surface area contributed by atoms with Crippen LogP contribution >= 0.6 is 0 Å². The van der Waals surface area contributed by atoms with Gasteiger partial charge in [-0.1, -0.05) is 146 Å². The Morgan fingerprint density at radius 2 is 1.05 bits per heavy atom. The Morgan fingerprint density at radius 3 is 1.79 bits per heavy atom. The second kappa shape index (κ2) is 14.3. The summed E-state index contributed by atoms with van der Waals surface area (Å²) in [5.74, 6) is 0. The molecule has 0 fully saturated rings. The van der Waals surface area contributed by atoms with Crippen LogP contribution in [0.15, 0.2) is 206 Å². The van der Waals surface area contributed by atoms with Crippen LogP contribution in [0.25, 0.3) is 72.5 Å². The van der Waals surface area contributed by atoms with Gasteiger partial charge in [-0.3, -0.25) is 0 Å². The van der Waals surface area contributed by atoms with Gasteiger partial charge in [-0.2, -0.15) is 10.5 Å². The summed E-state index contributed by atoms with van der Waals surface area (Å²) < 4.78 is 2.37. The van der Waals surface area contributed by atoms with E-state index in [-0.39, 0.29) is 0 Å². The summed E-state index contributed by atoms with van der Waals surface area (Å²) in [5, 5.41) is 22.0. The maximum absolute atomic E-state index is 9.75. The van der Waals surface area contributed by atoms with Crippen LogP contribution in [0.2, 0.25) is 0 Å². The Hall–Kier alpha value is -8.50.